The number of nitriles is 1. The van der Waals surface area contributed by atoms with Gasteiger partial charge in [-0.3, -0.25) is 0 Å². The smallest absolute Gasteiger partial charge is 0.306 e. The lowest BCUT2D eigenvalue weighted by molar-refractivity contribution is 0.130. The van der Waals surface area contributed by atoms with Gasteiger partial charge in [0.05, 0.1) is 12.3 Å². The van der Waals surface area contributed by atoms with Crippen LogP contribution in [0.2, 0.25) is 0 Å². The summed E-state index contributed by atoms with van der Waals surface area (Å²) >= 11 is 0. The molecule has 3 rings (SSSR count). The molecular formula is C19H22FNO3S. The third kappa shape index (κ3) is 3.72. The summed E-state index contributed by atoms with van der Waals surface area (Å²) in [5.74, 6) is 0.386. The van der Waals surface area contributed by atoms with Gasteiger partial charge in [0, 0.05) is 18.8 Å². The van der Waals surface area contributed by atoms with Crippen LogP contribution in [-0.2, 0) is 16.5 Å². The molecule has 2 aliphatic rings. The van der Waals surface area contributed by atoms with E-state index in [1.54, 1.807) is 18.2 Å². The maximum atomic E-state index is 14.9. The number of aryl methyl sites for hydroxylation is 1. The average molecular weight is 363 g/mol. The van der Waals surface area contributed by atoms with Gasteiger partial charge in [-0.15, -0.1) is 0 Å². The number of fused-ring (bicyclic) bond motifs is 3. The SMILES string of the molecule is C=C1C[C@H](F)[C@@H]2c3ccc(OS(C)(=O)=O)cc3CC[C@H]2[C@@H]1CCC#N. The first-order valence-corrected chi connectivity index (χ1v) is 10.3. The highest BCUT2D eigenvalue weighted by molar-refractivity contribution is 7.86. The van der Waals surface area contributed by atoms with E-state index in [0.29, 0.717) is 12.8 Å². The number of allylic oxidation sites excluding steroid dienone is 1. The number of rotatable bonds is 4. The normalized spacial score (nSPS) is 28.6. The van der Waals surface area contributed by atoms with Gasteiger partial charge < -0.3 is 4.18 Å². The van der Waals surface area contributed by atoms with E-state index in [2.05, 4.69) is 12.6 Å². The standard InChI is InChI=1S/C19H22FNO3S/c1-12-10-18(20)19-16-8-6-14(24-25(2,22)23)11-13(16)5-7-17(19)15(12)4-3-9-21/h6,8,11,15,17-19H,1,3-5,7,10H2,2H3/t15-,17+,18+,19-/m1/s1. The summed E-state index contributed by atoms with van der Waals surface area (Å²) in [6.45, 7) is 4.06. The molecule has 0 unspecified atom stereocenters. The van der Waals surface area contributed by atoms with Gasteiger partial charge in [-0.05, 0) is 54.4 Å². The van der Waals surface area contributed by atoms with E-state index in [-0.39, 0.29) is 23.5 Å². The molecule has 0 spiro atoms. The summed E-state index contributed by atoms with van der Waals surface area (Å²) in [7, 11) is -3.58. The van der Waals surface area contributed by atoms with Crippen molar-refractivity contribution in [1.82, 2.24) is 0 Å². The fraction of sp³-hybridized carbons (Fsp3) is 0.526. The Kier molecular flexibility index (Phi) is 4.88. The lowest BCUT2D eigenvalue weighted by Gasteiger charge is -2.45. The quantitative estimate of drug-likeness (QED) is 0.601. The van der Waals surface area contributed by atoms with Crippen LogP contribution >= 0.6 is 0 Å². The summed E-state index contributed by atoms with van der Waals surface area (Å²) in [6, 6.07) is 7.30. The van der Waals surface area contributed by atoms with Crippen molar-refractivity contribution in [2.75, 3.05) is 6.26 Å². The zero-order chi connectivity index (χ0) is 18.2. The second-order valence-corrected chi connectivity index (χ2v) is 8.63. The minimum absolute atomic E-state index is 0.152. The van der Waals surface area contributed by atoms with Crippen LogP contribution in [0, 0.1) is 23.2 Å². The number of benzene rings is 1. The minimum Gasteiger partial charge on any atom is -0.383 e. The highest BCUT2D eigenvalue weighted by atomic mass is 32.2. The molecule has 1 aromatic carbocycles. The Morgan fingerprint density at radius 2 is 2.20 bits per heavy atom. The zero-order valence-corrected chi connectivity index (χ0v) is 15.1. The van der Waals surface area contributed by atoms with Crippen LogP contribution in [-0.4, -0.2) is 20.8 Å². The van der Waals surface area contributed by atoms with Crippen molar-refractivity contribution >= 4 is 10.1 Å². The molecule has 0 saturated heterocycles. The summed E-state index contributed by atoms with van der Waals surface area (Å²) in [5.41, 5.74) is 2.82. The van der Waals surface area contributed by atoms with Crippen LogP contribution in [0.4, 0.5) is 4.39 Å². The highest BCUT2D eigenvalue weighted by Gasteiger charge is 2.44. The fourth-order valence-corrected chi connectivity index (χ4v) is 4.92. The van der Waals surface area contributed by atoms with Crippen LogP contribution in [0.1, 0.15) is 42.7 Å². The van der Waals surface area contributed by atoms with Gasteiger partial charge in [-0.25, -0.2) is 4.39 Å². The summed E-state index contributed by atoms with van der Waals surface area (Å²) in [4.78, 5) is 0. The molecule has 134 valence electrons. The summed E-state index contributed by atoms with van der Waals surface area (Å²) in [6.07, 6.45) is 3.10. The lowest BCUT2D eigenvalue weighted by Crippen LogP contribution is -2.38. The maximum absolute atomic E-state index is 14.9. The molecule has 25 heavy (non-hydrogen) atoms. The first-order chi connectivity index (χ1) is 11.8. The number of nitrogens with zero attached hydrogens (tertiary/aromatic N) is 1. The fourth-order valence-electron chi connectivity index (χ4n) is 4.47. The third-order valence-electron chi connectivity index (χ3n) is 5.38. The Labute approximate surface area is 148 Å². The number of hydrogen-bond acceptors (Lipinski definition) is 4. The topological polar surface area (TPSA) is 67.2 Å². The Hall–Kier alpha value is -1.87. The number of halogens is 1. The monoisotopic (exact) mass is 363 g/mol. The third-order valence-corrected chi connectivity index (χ3v) is 5.88. The van der Waals surface area contributed by atoms with Gasteiger partial charge in [0.15, 0.2) is 0 Å². The van der Waals surface area contributed by atoms with Crippen LogP contribution in [0.3, 0.4) is 0 Å². The van der Waals surface area contributed by atoms with Gasteiger partial charge in [-0.1, -0.05) is 18.2 Å². The first kappa shape index (κ1) is 17.9. The molecule has 0 amide bonds. The first-order valence-electron chi connectivity index (χ1n) is 8.51. The molecule has 0 N–H and O–H groups in total. The summed E-state index contributed by atoms with van der Waals surface area (Å²) in [5, 5.41) is 8.90. The molecule has 2 aliphatic carbocycles. The predicted octanol–water partition coefficient (Wildman–Crippen LogP) is 3.89. The molecule has 1 aromatic rings. The predicted molar refractivity (Wildman–Crippen MR) is 93.5 cm³/mol. The van der Waals surface area contributed by atoms with E-state index in [9.17, 15) is 12.8 Å². The van der Waals surface area contributed by atoms with Crippen molar-refractivity contribution in [3.05, 3.63) is 41.5 Å². The largest absolute Gasteiger partial charge is 0.383 e. The second-order valence-electron chi connectivity index (χ2n) is 7.06. The van der Waals surface area contributed by atoms with E-state index >= 15 is 0 Å². The molecule has 4 atom stereocenters. The van der Waals surface area contributed by atoms with E-state index in [4.69, 9.17) is 9.44 Å². The van der Waals surface area contributed by atoms with Crippen molar-refractivity contribution < 1.29 is 17.0 Å². The Morgan fingerprint density at radius 3 is 2.88 bits per heavy atom. The number of hydrogen-bond donors (Lipinski definition) is 0. The zero-order valence-electron chi connectivity index (χ0n) is 14.2. The van der Waals surface area contributed by atoms with Crippen LogP contribution in [0.5, 0.6) is 5.75 Å². The Bertz CT molecular complexity index is 828. The van der Waals surface area contributed by atoms with E-state index < -0.39 is 16.3 Å². The van der Waals surface area contributed by atoms with Crippen molar-refractivity contribution in [2.24, 2.45) is 11.8 Å². The van der Waals surface area contributed by atoms with E-state index in [0.717, 1.165) is 42.2 Å². The number of alkyl halides is 1. The average Bonchev–Trinajstić information content (AvgIpc) is 2.52. The molecule has 1 saturated carbocycles. The molecule has 1 fully saturated rings. The highest BCUT2D eigenvalue weighted by Crippen LogP contribution is 2.52. The van der Waals surface area contributed by atoms with E-state index in [1.807, 2.05) is 0 Å². The Balaban J connectivity index is 1.92. The van der Waals surface area contributed by atoms with Crippen molar-refractivity contribution in [2.45, 2.75) is 44.2 Å². The van der Waals surface area contributed by atoms with Gasteiger partial charge in [0.25, 0.3) is 0 Å². The Morgan fingerprint density at radius 1 is 1.44 bits per heavy atom. The second kappa shape index (κ2) is 6.80. The van der Waals surface area contributed by atoms with Gasteiger partial charge in [-0.2, -0.15) is 13.7 Å². The lowest BCUT2D eigenvalue weighted by atomic mass is 9.60. The molecule has 0 heterocycles. The summed E-state index contributed by atoms with van der Waals surface area (Å²) < 4.78 is 42.4. The molecule has 6 heteroatoms. The van der Waals surface area contributed by atoms with Crippen LogP contribution < -0.4 is 4.18 Å². The molecule has 4 nitrogen and oxygen atoms in total. The molecule has 0 bridgehead atoms. The van der Waals surface area contributed by atoms with Crippen LogP contribution in [0.25, 0.3) is 0 Å². The van der Waals surface area contributed by atoms with Crippen LogP contribution in [0.15, 0.2) is 30.4 Å². The van der Waals surface area contributed by atoms with Gasteiger partial charge >= 0.3 is 10.1 Å². The van der Waals surface area contributed by atoms with Gasteiger partial charge in [0.2, 0.25) is 0 Å². The van der Waals surface area contributed by atoms with E-state index in [1.165, 1.54) is 0 Å². The molecule has 0 aromatic heterocycles. The van der Waals surface area contributed by atoms with Crippen molar-refractivity contribution in [3.63, 3.8) is 0 Å². The molecule has 0 radical (unpaired) electrons. The maximum Gasteiger partial charge on any atom is 0.306 e. The molecular weight excluding hydrogens is 341 g/mol. The van der Waals surface area contributed by atoms with Crippen molar-refractivity contribution in [1.29, 1.82) is 5.26 Å². The minimum atomic E-state index is -3.58. The van der Waals surface area contributed by atoms with Gasteiger partial charge in [0.1, 0.15) is 11.9 Å². The molecule has 0 aliphatic heterocycles. The van der Waals surface area contributed by atoms with Crippen molar-refractivity contribution in [3.8, 4) is 11.8 Å².